The molecule has 3 nitrogen and oxygen atoms in total. The summed E-state index contributed by atoms with van der Waals surface area (Å²) >= 11 is 0. The van der Waals surface area contributed by atoms with E-state index in [9.17, 15) is 4.79 Å². The van der Waals surface area contributed by atoms with E-state index in [1.807, 2.05) is 0 Å². The largest absolute Gasteiger partial charge is 0.357 e. The zero-order valence-corrected chi connectivity index (χ0v) is 10.7. The van der Waals surface area contributed by atoms with Gasteiger partial charge in [0.15, 0.2) is 0 Å². The lowest BCUT2D eigenvalue weighted by atomic mass is 9.92. The Labute approximate surface area is 111 Å². The predicted octanol–water partition coefficient (Wildman–Crippen LogP) is 2.60. The number of H-pyrrole nitrogens is 1. The molecule has 3 heterocycles. The zero-order valence-electron chi connectivity index (χ0n) is 10.7. The summed E-state index contributed by atoms with van der Waals surface area (Å²) in [7, 11) is 0. The fourth-order valence-corrected chi connectivity index (χ4v) is 3.47. The monoisotopic (exact) mass is 252 g/mol. The van der Waals surface area contributed by atoms with E-state index >= 15 is 0 Å². The SMILES string of the molecule is O=CC1=CC[C@@H]2c3[nH]c4ccccc4c3CCN2C1. The molecule has 0 saturated heterocycles. The molecular formula is C16H16N2O. The molecule has 1 atom stereocenters. The number of para-hydroxylation sites is 1. The Kier molecular flexibility index (Phi) is 2.35. The minimum absolute atomic E-state index is 0.417. The molecule has 0 saturated carbocycles. The number of benzene rings is 1. The van der Waals surface area contributed by atoms with Gasteiger partial charge in [0.2, 0.25) is 0 Å². The topological polar surface area (TPSA) is 36.1 Å². The van der Waals surface area contributed by atoms with Crippen LogP contribution in [0.2, 0.25) is 0 Å². The van der Waals surface area contributed by atoms with Crippen molar-refractivity contribution in [1.29, 1.82) is 0 Å². The standard InChI is InChI=1S/C16H16N2O/c19-10-11-5-6-15-16-13(7-8-18(15)9-11)12-3-1-2-4-14(12)17-16/h1-5,10,15,17H,6-9H2/t15-/m1/s1. The number of carbonyl (C=O) groups is 1. The van der Waals surface area contributed by atoms with Crippen molar-refractivity contribution in [3.8, 4) is 0 Å². The highest BCUT2D eigenvalue weighted by atomic mass is 16.1. The Bertz CT molecular complexity index is 683. The van der Waals surface area contributed by atoms with Crippen LogP contribution < -0.4 is 0 Å². The highest BCUT2D eigenvalue weighted by Gasteiger charge is 2.31. The minimum Gasteiger partial charge on any atom is -0.357 e. The van der Waals surface area contributed by atoms with Gasteiger partial charge in [-0.1, -0.05) is 24.3 Å². The minimum atomic E-state index is 0.417. The molecule has 0 bridgehead atoms. The fraction of sp³-hybridized carbons (Fsp3) is 0.312. The first-order valence-electron chi connectivity index (χ1n) is 6.84. The van der Waals surface area contributed by atoms with Crippen LogP contribution in [0.1, 0.15) is 23.7 Å². The molecule has 0 spiro atoms. The maximum Gasteiger partial charge on any atom is 0.147 e. The highest BCUT2D eigenvalue weighted by molar-refractivity contribution is 5.85. The van der Waals surface area contributed by atoms with Gasteiger partial charge in [-0.2, -0.15) is 0 Å². The predicted molar refractivity (Wildman–Crippen MR) is 75.1 cm³/mol. The second-order valence-electron chi connectivity index (χ2n) is 5.43. The molecule has 1 aromatic heterocycles. The van der Waals surface area contributed by atoms with E-state index in [4.69, 9.17) is 0 Å². The van der Waals surface area contributed by atoms with Crippen molar-refractivity contribution >= 4 is 17.2 Å². The molecular weight excluding hydrogens is 236 g/mol. The molecule has 2 aliphatic rings. The van der Waals surface area contributed by atoms with Crippen molar-refractivity contribution in [1.82, 2.24) is 9.88 Å². The van der Waals surface area contributed by atoms with Crippen LogP contribution in [0.15, 0.2) is 35.9 Å². The van der Waals surface area contributed by atoms with Crippen LogP contribution in [0.4, 0.5) is 0 Å². The Morgan fingerprint density at radius 3 is 3.11 bits per heavy atom. The first kappa shape index (κ1) is 11.0. The molecule has 2 aromatic rings. The summed E-state index contributed by atoms with van der Waals surface area (Å²) in [6.07, 6.45) is 5.10. The number of aromatic nitrogens is 1. The molecule has 1 aromatic carbocycles. The van der Waals surface area contributed by atoms with E-state index in [0.717, 1.165) is 37.8 Å². The molecule has 0 aliphatic carbocycles. The number of nitrogens with zero attached hydrogens (tertiary/aromatic N) is 1. The van der Waals surface area contributed by atoms with Gasteiger partial charge < -0.3 is 4.98 Å². The molecule has 96 valence electrons. The van der Waals surface area contributed by atoms with Crippen LogP contribution in [0.3, 0.4) is 0 Å². The van der Waals surface area contributed by atoms with Gasteiger partial charge in [0.05, 0.1) is 6.04 Å². The van der Waals surface area contributed by atoms with Crippen LogP contribution in [0.25, 0.3) is 10.9 Å². The van der Waals surface area contributed by atoms with Gasteiger partial charge in [-0.15, -0.1) is 0 Å². The zero-order chi connectivity index (χ0) is 12.8. The van der Waals surface area contributed by atoms with Gasteiger partial charge in [0, 0.05) is 35.3 Å². The molecule has 0 unspecified atom stereocenters. The summed E-state index contributed by atoms with van der Waals surface area (Å²) in [4.78, 5) is 16.9. The van der Waals surface area contributed by atoms with Crippen LogP contribution in [0.5, 0.6) is 0 Å². The Morgan fingerprint density at radius 1 is 1.32 bits per heavy atom. The average molecular weight is 252 g/mol. The summed E-state index contributed by atoms with van der Waals surface area (Å²) in [6.45, 7) is 1.84. The maximum atomic E-state index is 10.9. The van der Waals surface area contributed by atoms with E-state index in [0.29, 0.717) is 6.04 Å². The normalized spacial score (nSPS) is 22.7. The van der Waals surface area contributed by atoms with E-state index < -0.39 is 0 Å². The molecule has 2 aliphatic heterocycles. The van der Waals surface area contributed by atoms with Gasteiger partial charge in [0.25, 0.3) is 0 Å². The van der Waals surface area contributed by atoms with Crippen molar-refractivity contribution in [2.45, 2.75) is 18.9 Å². The third-order valence-corrected chi connectivity index (χ3v) is 4.41. The van der Waals surface area contributed by atoms with E-state index in [-0.39, 0.29) is 0 Å². The van der Waals surface area contributed by atoms with Gasteiger partial charge in [-0.05, 0) is 24.5 Å². The Balaban J connectivity index is 1.83. The summed E-state index contributed by atoms with van der Waals surface area (Å²) in [5, 5.41) is 1.36. The van der Waals surface area contributed by atoms with Crippen molar-refractivity contribution < 1.29 is 4.79 Å². The highest BCUT2D eigenvalue weighted by Crippen LogP contribution is 2.38. The van der Waals surface area contributed by atoms with Crippen LogP contribution in [-0.2, 0) is 11.2 Å². The summed E-state index contributed by atoms with van der Waals surface area (Å²) in [6, 6.07) is 8.95. The van der Waals surface area contributed by atoms with E-state index in [2.05, 4.69) is 40.2 Å². The molecule has 19 heavy (non-hydrogen) atoms. The lowest BCUT2D eigenvalue weighted by Crippen LogP contribution is -2.38. The first-order chi connectivity index (χ1) is 9.36. The average Bonchev–Trinajstić information content (AvgIpc) is 2.85. The number of nitrogens with one attached hydrogen (secondary N) is 1. The number of aldehydes is 1. The molecule has 4 rings (SSSR count). The maximum absolute atomic E-state index is 10.9. The number of hydrogen-bond acceptors (Lipinski definition) is 2. The van der Waals surface area contributed by atoms with Gasteiger partial charge in [-0.3, -0.25) is 9.69 Å². The number of aromatic amines is 1. The number of fused-ring (bicyclic) bond motifs is 5. The van der Waals surface area contributed by atoms with E-state index in [1.165, 1.54) is 22.2 Å². The smallest absolute Gasteiger partial charge is 0.147 e. The van der Waals surface area contributed by atoms with Gasteiger partial charge >= 0.3 is 0 Å². The second-order valence-corrected chi connectivity index (χ2v) is 5.43. The first-order valence-corrected chi connectivity index (χ1v) is 6.84. The summed E-state index contributed by atoms with van der Waals surface area (Å²) in [5.41, 5.74) is 4.99. The van der Waals surface area contributed by atoms with Crippen molar-refractivity contribution in [2.24, 2.45) is 0 Å². The molecule has 0 fully saturated rings. The number of carbonyl (C=O) groups excluding carboxylic acids is 1. The van der Waals surface area contributed by atoms with E-state index in [1.54, 1.807) is 0 Å². The van der Waals surface area contributed by atoms with Gasteiger partial charge in [0.1, 0.15) is 6.29 Å². The second kappa shape index (κ2) is 4.07. The third kappa shape index (κ3) is 1.58. The number of hydrogen-bond donors (Lipinski definition) is 1. The third-order valence-electron chi connectivity index (χ3n) is 4.41. The Hall–Kier alpha value is -1.87. The van der Waals surface area contributed by atoms with Crippen LogP contribution >= 0.6 is 0 Å². The van der Waals surface area contributed by atoms with Gasteiger partial charge in [-0.25, -0.2) is 0 Å². The van der Waals surface area contributed by atoms with Crippen LogP contribution in [-0.4, -0.2) is 29.3 Å². The lowest BCUT2D eigenvalue weighted by Gasteiger charge is -2.38. The fourth-order valence-electron chi connectivity index (χ4n) is 3.47. The quantitative estimate of drug-likeness (QED) is 0.792. The number of rotatable bonds is 1. The summed E-state index contributed by atoms with van der Waals surface area (Å²) in [5.74, 6) is 0. The van der Waals surface area contributed by atoms with Crippen molar-refractivity contribution in [2.75, 3.05) is 13.1 Å². The van der Waals surface area contributed by atoms with Crippen molar-refractivity contribution in [3.05, 3.63) is 47.2 Å². The molecule has 0 amide bonds. The Morgan fingerprint density at radius 2 is 2.21 bits per heavy atom. The molecule has 3 heteroatoms. The molecule has 0 radical (unpaired) electrons. The molecule has 1 N–H and O–H groups in total. The van der Waals surface area contributed by atoms with Crippen molar-refractivity contribution in [3.63, 3.8) is 0 Å². The lowest BCUT2D eigenvalue weighted by molar-refractivity contribution is -0.105. The van der Waals surface area contributed by atoms with Crippen LogP contribution in [0, 0.1) is 0 Å². The summed E-state index contributed by atoms with van der Waals surface area (Å²) < 4.78 is 0.